The van der Waals surface area contributed by atoms with Gasteiger partial charge in [0.1, 0.15) is 11.7 Å². The first-order valence-corrected chi connectivity index (χ1v) is 10.9. The summed E-state index contributed by atoms with van der Waals surface area (Å²) in [5.74, 6) is -0.913. The molecule has 1 saturated carbocycles. The third-order valence-corrected chi connectivity index (χ3v) is 5.86. The van der Waals surface area contributed by atoms with Crippen LogP contribution in [0.1, 0.15) is 41.7 Å². The van der Waals surface area contributed by atoms with Crippen LogP contribution in [0.25, 0.3) is 11.0 Å². The van der Waals surface area contributed by atoms with Crippen molar-refractivity contribution in [1.82, 2.24) is 20.6 Å². The molecule has 2 aromatic carbocycles. The Labute approximate surface area is 186 Å². The number of nitrogens with one attached hydrogen (secondary N) is 2. The maximum atomic E-state index is 13.0. The van der Waals surface area contributed by atoms with Crippen molar-refractivity contribution in [3.63, 3.8) is 0 Å². The van der Waals surface area contributed by atoms with Gasteiger partial charge in [-0.15, -0.1) is 0 Å². The molecule has 7 nitrogen and oxygen atoms in total. The molecule has 1 aromatic heterocycles. The number of carbonyl (C=O) groups excluding carboxylic acids is 2. The maximum Gasteiger partial charge on any atom is 0.271 e. The molecule has 32 heavy (non-hydrogen) atoms. The van der Waals surface area contributed by atoms with Gasteiger partial charge in [-0.1, -0.05) is 55.3 Å². The van der Waals surface area contributed by atoms with Gasteiger partial charge in [0.2, 0.25) is 5.91 Å². The van der Waals surface area contributed by atoms with Crippen molar-refractivity contribution in [2.24, 2.45) is 5.92 Å². The van der Waals surface area contributed by atoms with Gasteiger partial charge in [0.25, 0.3) is 5.91 Å². The van der Waals surface area contributed by atoms with Gasteiger partial charge in [0.05, 0.1) is 29.2 Å². The molecular formula is C25H25N5O2. The Morgan fingerprint density at radius 1 is 1.03 bits per heavy atom. The summed E-state index contributed by atoms with van der Waals surface area (Å²) in [5.41, 5.74) is 2.59. The van der Waals surface area contributed by atoms with E-state index in [1.165, 1.54) is 6.20 Å². The number of nitriles is 1. The summed E-state index contributed by atoms with van der Waals surface area (Å²) < 4.78 is 0. The molecule has 0 unspecified atom stereocenters. The topological polar surface area (TPSA) is 108 Å². The summed E-state index contributed by atoms with van der Waals surface area (Å²) >= 11 is 0. The minimum atomic E-state index is -0.616. The van der Waals surface area contributed by atoms with E-state index in [1.54, 1.807) is 0 Å². The van der Waals surface area contributed by atoms with Crippen LogP contribution in [-0.2, 0) is 11.2 Å². The van der Waals surface area contributed by atoms with Gasteiger partial charge in [0.15, 0.2) is 0 Å². The highest BCUT2D eigenvalue weighted by atomic mass is 16.2. The third-order valence-electron chi connectivity index (χ3n) is 5.86. The summed E-state index contributed by atoms with van der Waals surface area (Å²) in [6.07, 6.45) is 5.13. The molecule has 1 fully saturated rings. The van der Waals surface area contributed by atoms with Crippen molar-refractivity contribution in [3.05, 3.63) is 72.1 Å². The van der Waals surface area contributed by atoms with Gasteiger partial charge in [-0.25, -0.2) is 4.98 Å². The number of nitrogens with zero attached hydrogens (tertiary/aromatic N) is 3. The summed E-state index contributed by atoms with van der Waals surface area (Å²) in [6.45, 7) is 0. The average molecular weight is 428 g/mol. The zero-order valence-electron chi connectivity index (χ0n) is 17.7. The van der Waals surface area contributed by atoms with Crippen LogP contribution in [-0.4, -0.2) is 33.9 Å². The quantitative estimate of drug-likeness (QED) is 0.628. The number of aromatic nitrogens is 2. The van der Waals surface area contributed by atoms with Crippen LogP contribution in [0.5, 0.6) is 0 Å². The standard InChI is InChI=1S/C25H25N5O2/c26-15-18(14-17-8-2-1-3-9-17)28-24(31)19-10-4-5-11-20(19)30-25(32)23-16-27-21-12-6-7-13-22(21)29-23/h1-3,6-9,12-13,16,18-20H,4-5,10-11,14H2,(H,28,31)(H,30,32)/t18-,19+,20-/m0/s1. The van der Waals surface area contributed by atoms with Gasteiger partial charge < -0.3 is 10.6 Å². The van der Waals surface area contributed by atoms with Gasteiger partial charge >= 0.3 is 0 Å². The van der Waals surface area contributed by atoms with Crippen molar-refractivity contribution in [2.75, 3.05) is 0 Å². The van der Waals surface area contributed by atoms with Crippen molar-refractivity contribution < 1.29 is 9.59 Å². The van der Waals surface area contributed by atoms with Crippen molar-refractivity contribution in [3.8, 4) is 6.07 Å². The lowest BCUT2D eigenvalue weighted by Crippen LogP contribution is -2.50. The van der Waals surface area contributed by atoms with Crippen LogP contribution in [0.2, 0.25) is 0 Å². The lowest BCUT2D eigenvalue weighted by molar-refractivity contribution is -0.127. The number of fused-ring (bicyclic) bond motifs is 1. The fraction of sp³-hybridized carbons (Fsp3) is 0.320. The molecule has 1 aliphatic rings. The van der Waals surface area contributed by atoms with E-state index in [9.17, 15) is 14.9 Å². The highest BCUT2D eigenvalue weighted by Crippen LogP contribution is 2.25. The Kier molecular flexibility index (Phi) is 6.71. The smallest absolute Gasteiger partial charge is 0.271 e. The highest BCUT2D eigenvalue weighted by molar-refractivity contribution is 5.94. The van der Waals surface area contributed by atoms with E-state index in [4.69, 9.17) is 0 Å². The van der Waals surface area contributed by atoms with Gasteiger partial charge in [-0.2, -0.15) is 5.26 Å². The molecule has 0 aliphatic heterocycles. The monoisotopic (exact) mass is 427 g/mol. The van der Waals surface area contributed by atoms with E-state index in [0.717, 1.165) is 23.9 Å². The van der Waals surface area contributed by atoms with E-state index in [-0.39, 0.29) is 29.5 Å². The van der Waals surface area contributed by atoms with Crippen LogP contribution in [0.4, 0.5) is 0 Å². The number of hydrogen-bond donors (Lipinski definition) is 2. The van der Waals surface area contributed by atoms with Crippen molar-refractivity contribution in [1.29, 1.82) is 5.26 Å². The highest BCUT2D eigenvalue weighted by Gasteiger charge is 2.33. The predicted octanol–water partition coefficient (Wildman–Crippen LogP) is 3.17. The van der Waals surface area contributed by atoms with Crippen LogP contribution in [0.15, 0.2) is 60.8 Å². The molecule has 162 valence electrons. The van der Waals surface area contributed by atoms with E-state index in [2.05, 4.69) is 26.7 Å². The van der Waals surface area contributed by atoms with Crippen LogP contribution in [0.3, 0.4) is 0 Å². The molecule has 1 aliphatic carbocycles. The largest absolute Gasteiger partial charge is 0.347 e. The molecule has 3 aromatic rings. The SMILES string of the molecule is N#C[C@H](Cc1ccccc1)NC(=O)[C@@H]1CCCC[C@@H]1NC(=O)c1cnc2ccccc2n1. The number of para-hydroxylation sites is 2. The zero-order chi connectivity index (χ0) is 22.3. The van der Waals surface area contributed by atoms with E-state index >= 15 is 0 Å². The number of benzene rings is 2. The van der Waals surface area contributed by atoms with Gasteiger partial charge in [-0.05, 0) is 30.5 Å². The second-order valence-corrected chi connectivity index (χ2v) is 8.09. The lowest BCUT2D eigenvalue weighted by Gasteiger charge is -2.31. The molecule has 0 bridgehead atoms. The molecule has 1 heterocycles. The van der Waals surface area contributed by atoms with Crippen LogP contribution < -0.4 is 10.6 Å². The Morgan fingerprint density at radius 2 is 1.75 bits per heavy atom. The minimum Gasteiger partial charge on any atom is -0.347 e. The summed E-state index contributed by atoms with van der Waals surface area (Å²) in [5, 5.41) is 15.4. The Balaban J connectivity index is 1.42. The normalized spacial score (nSPS) is 19.0. The first-order valence-electron chi connectivity index (χ1n) is 10.9. The molecule has 2 N–H and O–H groups in total. The molecule has 7 heteroatoms. The molecule has 0 radical (unpaired) electrons. The molecule has 2 amide bonds. The van der Waals surface area contributed by atoms with Crippen LogP contribution in [0, 0.1) is 17.2 Å². The zero-order valence-corrected chi connectivity index (χ0v) is 17.7. The Bertz CT molecular complexity index is 1140. The lowest BCUT2D eigenvalue weighted by atomic mass is 9.83. The average Bonchev–Trinajstić information content (AvgIpc) is 2.84. The number of amides is 2. The van der Waals surface area contributed by atoms with Gasteiger partial charge in [0, 0.05) is 12.5 Å². The number of rotatable bonds is 6. The fourth-order valence-electron chi connectivity index (χ4n) is 4.18. The maximum absolute atomic E-state index is 13.0. The summed E-state index contributed by atoms with van der Waals surface area (Å²) in [4.78, 5) is 34.6. The first kappa shape index (κ1) is 21.4. The molecule has 3 atom stereocenters. The van der Waals surface area contributed by atoms with Crippen molar-refractivity contribution in [2.45, 2.75) is 44.2 Å². The fourth-order valence-corrected chi connectivity index (χ4v) is 4.18. The summed E-state index contributed by atoms with van der Waals surface area (Å²) in [7, 11) is 0. The first-order chi connectivity index (χ1) is 15.6. The van der Waals surface area contributed by atoms with E-state index in [0.29, 0.717) is 24.8 Å². The van der Waals surface area contributed by atoms with E-state index in [1.807, 2.05) is 54.6 Å². The Hall–Kier alpha value is -3.79. The minimum absolute atomic E-state index is 0.193. The van der Waals surface area contributed by atoms with E-state index < -0.39 is 6.04 Å². The van der Waals surface area contributed by atoms with Crippen molar-refractivity contribution >= 4 is 22.8 Å². The number of carbonyl (C=O) groups is 2. The molecular weight excluding hydrogens is 402 g/mol. The molecule has 0 saturated heterocycles. The van der Waals surface area contributed by atoms with Gasteiger partial charge in [-0.3, -0.25) is 14.6 Å². The Morgan fingerprint density at radius 3 is 2.53 bits per heavy atom. The molecule has 4 rings (SSSR count). The number of hydrogen-bond acceptors (Lipinski definition) is 5. The molecule has 0 spiro atoms. The van der Waals surface area contributed by atoms with Crippen LogP contribution >= 0.6 is 0 Å². The summed E-state index contributed by atoms with van der Waals surface area (Å²) in [6, 6.07) is 18.2. The predicted molar refractivity (Wildman–Crippen MR) is 120 cm³/mol. The second-order valence-electron chi connectivity index (χ2n) is 8.09. The third kappa shape index (κ3) is 5.09. The second kappa shape index (κ2) is 10.0.